The smallest absolute Gasteiger partial charge is 0.122 e. The Morgan fingerprint density at radius 3 is 1.32 bits per heavy atom. The van der Waals surface area contributed by atoms with Gasteiger partial charge in [0.2, 0.25) is 0 Å². The molecule has 0 saturated heterocycles. The van der Waals surface area contributed by atoms with Crippen LogP contribution in [0.2, 0.25) is 0 Å². The van der Waals surface area contributed by atoms with Crippen molar-refractivity contribution in [1.29, 1.82) is 0 Å². The molecule has 0 amide bonds. The molecule has 0 aromatic heterocycles. The van der Waals surface area contributed by atoms with Crippen molar-refractivity contribution in [1.82, 2.24) is 0 Å². The lowest BCUT2D eigenvalue weighted by molar-refractivity contribution is 0.232. The first-order valence-corrected chi connectivity index (χ1v) is 13.1. The van der Waals surface area contributed by atoms with E-state index < -0.39 is 0 Å². The summed E-state index contributed by atoms with van der Waals surface area (Å²) in [5.41, 5.74) is 5.08. The standard InChI is InChI=1S/C33H34O4/c1-3-34-25-11-9-13-27(23-25)36-21-19-33(20-22-37-28-14-10-12-26(24-28)35-4-2)31-17-7-5-15-29(31)30-16-6-8-18-32(30)33/h5-18,23-24H,3-4,19-22H2,1-2H3. The van der Waals surface area contributed by atoms with E-state index in [0.717, 1.165) is 35.8 Å². The normalized spacial score (nSPS) is 12.9. The quantitative estimate of drug-likeness (QED) is 0.202. The Morgan fingerprint density at radius 2 is 0.892 bits per heavy atom. The summed E-state index contributed by atoms with van der Waals surface area (Å²) in [5.74, 6) is 3.30. The molecule has 0 N–H and O–H groups in total. The van der Waals surface area contributed by atoms with Crippen LogP contribution in [0.15, 0.2) is 97.1 Å². The summed E-state index contributed by atoms with van der Waals surface area (Å²) in [4.78, 5) is 0. The molecule has 5 rings (SSSR count). The van der Waals surface area contributed by atoms with E-state index in [1.807, 2.05) is 62.4 Å². The Morgan fingerprint density at radius 1 is 0.486 bits per heavy atom. The zero-order valence-corrected chi connectivity index (χ0v) is 21.6. The number of fused-ring (bicyclic) bond motifs is 3. The van der Waals surface area contributed by atoms with E-state index in [2.05, 4.69) is 48.5 Å². The molecule has 0 unspecified atom stereocenters. The second-order valence-corrected chi connectivity index (χ2v) is 9.19. The monoisotopic (exact) mass is 494 g/mol. The number of rotatable bonds is 12. The molecule has 0 aliphatic heterocycles. The SMILES string of the molecule is CCOc1cccc(OCCC2(CCOc3cccc(OCC)c3)c3ccccc3-c3ccccc32)c1. The van der Waals surface area contributed by atoms with Crippen molar-refractivity contribution in [3.8, 4) is 34.1 Å². The Labute approximate surface area is 219 Å². The van der Waals surface area contributed by atoms with E-state index in [9.17, 15) is 0 Å². The van der Waals surface area contributed by atoms with Crippen LogP contribution in [0.1, 0.15) is 37.8 Å². The molecular weight excluding hydrogens is 460 g/mol. The van der Waals surface area contributed by atoms with Crippen LogP contribution in [0.25, 0.3) is 11.1 Å². The van der Waals surface area contributed by atoms with Gasteiger partial charge in [-0.1, -0.05) is 60.7 Å². The van der Waals surface area contributed by atoms with E-state index in [1.165, 1.54) is 22.3 Å². The number of hydrogen-bond donors (Lipinski definition) is 0. The van der Waals surface area contributed by atoms with Gasteiger partial charge in [0.1, 0.15) is 23.0 Å². The van der Waals surface area contributed by atoms with E-state index in [-0.39, 0.29) is 5.41 Å². The average molecular weight is 495 g/mol. The molecule has 0 atom stereocenters. The third-order valence-electron chi connectivity index (χ3n) is 7.00. The second kappa shape index (κ2) is 11.4. The number of benzene rings is 4. The van der Waals surface area contributed by atoms with E-state index in [0.29, 0.717) is 26.4 Å². The highest BCUT2D eigenvalue weighted by molar-refractivity contribution is 5.81. The molecule has 1 aliphatic carbocycles. The Balaban J connectivity index is 1.39. The molecule has 0 fully saturated rings. The van der Waals surface area contributed by atoms with Crippen LogP contribution in [0.3, 0.4) is 0 Å². The van der Waals surface area contributed by atoms with Gasteiger partial charge in [-0.15, -0.1) is 0 Å². The molecule has 4 heteroatoms. The molecule has 190 valence electrons. The molecule has 0 spiro atoms. The lowest BCUT2D eigenvalue weighted by Gasteiger charge is -2.32. The van der Waals surface area contributed by atoms with Crippen molar-refractivity contribution in [3.63, 3.8) is 0 Å². The second-order valence-electron chi connectivity index (χ2n) is 9.19. The Hall–Kier alpha value is -3.92. The largest absolute Gasteiger partial charge is 0.494 e. The molecule has 0 saturated carbocycles. The molecule has 1 aliphatic rings. The lowest BCUT2D eigenvalue weighted by atomic mass is 9.73. The van der Waals surface area contributed by atoms with Crippen molar-refractivity contribution >= 4 is 0 Å². The van der Waals surface area contributed by atoms with Crippen molar-refractivity contribution in [2.24, 2.45) is 0 Å². The zero-order chi connectivity index (χ0) is 25.5. The molecule has 4 aromatic carbocycles. The minimum Gasteiger partial charge on any atom is -0.494 e. The van der Waals surface area contributed by atoms with Crippen LogP contribution < -0.4 is 18.9 Å². The summed E-state index contributed by atoms with van der Waals surface area (Å²) < 4.78 is 23.9. The molecule has 0 heterocycles. The fourth-order valence-corrected chi connectivity index (χ4v) is 5.41. The van der Waals surface area contributed by atoms with Crippen LogP contribution in [-0.4, -0.2) is 26.4 Å². The predicted molar refractivity (Wildman–Crippen MR) is 148 cm³/mol. The van der Waals surface area contributed by atoms with Crippen molar-refractivity contribution in [3.05, 3.63) is 108 Å². The molecule has 4 nitrogen and oxygen atoms in total. The van der Waals surface area contributed by atoms with Gasteiger partial charge >= 0.3 is 0 Å². The van der Waals surface area contributed by atoms with Crippen LogP contribution >= 0.6 is 0 Å². The van der Waals surface area contributed by atoms with Gasteiger partial charge in [-0.05, 0) is 73.2 Å². The topological polar surface area (TPSA) is 36.9 Å². The van der Waals surface area contributed by atoms with Gasteiger partial charge in [-0.3, -0.25) is 0 Å². The van der Waals surface area contributed by atoms with Crippen molar-refractivity contribution < 1.29 is 18.9 Å². The average Bonchev–Trinajstić information content (AvgIpc) is 3.20. The van der Waals surface area contributed by atoms with E-state index >= 15 is 0 Å². The first-order valence-electron chi connectivity index (χ1n) is 13.1. The van der Waals surface area contributed by atoms with Crippen molar-refractivity contribution in [2.45, 2.75) is 32.1 Å². The summed E-state index contributed by atoms with van der Waals surface area (Å²) in [6.45, 7) is 6.40. The molecule has 4 aromatic rings. The fraction of sp³-hybridized carbons (Fsp3) is 0.273. The zero-order valence-electron chi connectivity index (χ0n) is 21.6. The summed E-state index contributed by atoms with van der Waals surface area (Å²) in [7, 11) is 0. The van der Waals surface area contributed by atoms with Gasteiger partial charge in [0.05, 0.1) is 26.4 Å². The fourth-order valence-electron chi connectivity index (χ4n) is 5.41. The Bertz CT molecular complexity index is 1230. The first kappa shape index (κ1) is 24.8. The van der Waals surface area contributed by atoms with Crippen molar-refractivity contribution in [2.75, 3.05) is 26.4 Å². The van der Waals surface area contributed by atoms with Crippen LogP contribution in [0.5, 0.6) is 23.0 Å². The van der Waals surface area contributed by atoms with Gasteiger partial charge in [0, 0.05) is 17.5 Å². The minimum absolute atomic E-state index is 0.206. The van der Waals surface area contributed by atoms with Crippen LogP contribution in [-0.2, 0) is 5.41 Å². The molecule has 37 heavy (non-hydrogen) atoms. The number of hydrogen-bond acceptors (Lipinski definition) is 4. The highest BCUT2D eigenvalue weighted by atomic mass is 16.5. The summed E-state index contributed by atoms with van der Waals surface area (Å²) in [6, 6.07) is 33.3. The van der Waals surface area contributed by atoms with Crippen LogP contribution in [0, 0.1) is 0 Å². The van der Waals surface area contributed by atoms with Gasteiger partial charge in [0.15, 0.2) is 0 Å². The maximum absolute atomic E-state index is 6.28. The van der Waals surface area contributed by atoms with Gasteiger partial charge in [-0.2, -0.15) is 0 Å². The third-order valence-corrected chi connectivity index (χ3v) is 7.00. The number of ether oxygens (including phenoxy) is 4. The van der Waals surface area contributed by atoms with E-state index in [1.54, 1.807) is 0 Å². The highest BCUT2D eigenvalue weighted by Gasteiger charge is 2.42. The first-order chi connectivity index (χ1) is 18.2. The van der Waals surface area contributed by atoms with E-state index in [4.69, 9.17) is 18.9 Å². The highest BCUT2D eigenvalue weighted by Crippen LogP contribution is 2.52. The maximum Gasteiger partial charge on any atom is 0.122 e. The summed E-state index contributed by atoms with van der Waals surface area (Å²) in [6.07, 6.45) is 1.67. The minimum atomic E-state index is -0.206. The molecule has 0 radical (unpaired) electrons. The van der Waals surface area contributed by atoms with Gasteiger partial charge in [-0.25, -0.2) is 0 Å². The summed E-state index contributed by atoms with van der Waals surface area (Å²) >= 11 is 0. The van der Waals surface area contributed by atoms with Gasteiger partial charge in [0.25, 0.3) is 0 Å². The predicted octanol–water partition coefficient (Wildman–Crippen LogP) is 7.69. The third kappa shape index (κ3) is 5.29. The van der Waals surface area contributed by atoms with Gasteiger partial charge < -0.3 is 18.9 Å². The molecular formula is C33H34O4. The molecule has 0 bridgehead atoms. The lowest BCUT2D eigenvalue weighted by Crippen LogP contribution is -2.30. The summed E-state index contributed by atoms with van der Waals surface area (Å²) in [5, 5.41) is 0. The maximum atomic E-state index is 6.28. The van der Waals surface area contributed by atoms with Crippen LogP contribution in [0.4, 0.5) is 0 Å². The Kier molecular flexibility index (Phi) is 7.65.